The molecular formula is C60H84O12. The normalized spacial score (nSPS) is 12.4. The van der Waals surface area contributed by atoms with Gasteiger partial charge >= 0.3 is 17.9 Å². The maximum atomic E-state index is 13.8. The molecule has 0 bridgehead atoms. The third-order valence-electron chi connectivity index (χ3n) is 14.2. The van der Waals surface area contributed by atoms with E-state index in [0.717, 1.165) is 93.7 Å². The largest absolute Gasteiger partial charge is 0.496 e. The Kier molecular flexibility index (Phi) is 23.6. The van der Waals surface area contributed by atoms with Gasteiger partial charge in [-0.15, -0.1) is 0 Å². The van der Waals surface area contributed by atoms with Crippen LogP contribution in [0.15, 0.2) is 36.4 Å². The molecule has 4 aromatic carbocycles. The van der Waals surface area contributed by atoms with Crippen LogP contribution in [0.3, 0.4) is 0 Å². The van der Waals surface area contributed by atoms with Gasteiger partial charge in [0.1, 0.15) is 51.2 Å². The number of ether oxygens (including phenoxy) is 9. The van der Waals surface area contributed by atoms with Crippen molar-refractivity contribution in [3.05, 3.63) is 69.8 Å². The number of hydrogen-bond donors (Lipinski definition) is 0. The van der Waals surface area contributed by atoms with E-state index < -0.39 is 17.9 Å². The zero-order valence-corrected chi connectivity index (χ0v) is 46.2. The average molecular weight is 997 g/mol. The third-order valence-corrected chi connectivity index (χ3v) is 14.2. The van der Waals surface area contributed by atoms with E-state index in [1.165, 1.54) is 21.3 Å². The van der Waals surface area contributed by atoms with Crippen LogP contribution in [0.25, 0.3) is 33.4 Å². The number of carbonyl (C=O) groups is 3. The lowest BCUT2D eigenvalue weighted by molar-refractivity contribution is 0.0585. The predicted octanol–water partition coefficient (Wildman–Crippen LogP) is 14.8. The summed E-state index contributed by atoms with van der Waals surface area (Å²) in [6.07, 6.45) is 12.2. The molecular weight excluding hydrogens is 913 g/mol. The molecule has 4 aromatic rings. The van der Waals surface area contributed by atoms with Gasteiger partial charge in [-0.25, -0.2) is 14.4 Å². The Balaban J connectivity index is 2.21. The van der Waals surface area contributed by atoms with Crippen molar-refractivity contribution in [3.8, 4) is 67.9 Å². The number of rotatable bonds is 30. The molecule has 396 valence electrons. The highest BCUT2D eigenvalue weighted by atomic mass is 16.5. The van der Waals surface area contributed by atoms with Crippen molar-refractivity contribution in [1.29, 1.82) is 0 Å². The van der Waals surface area contributed by atoms with Crippen molar-refractivity contribution in [2.24, 2.45) is 17.8 Å². The van der Waals surface area contributed by atoms with E-state index in [0.29, 0.717) is 105 Å². The van der Waals surface area contributed by atoms with Crippen molar-refractivity contribution < 1.29 is 57.0 Å². The van der Waals surface area contributed by atoms with Crippen molar-refractivity contribution in [2.75, 3.05) is 62.5 Å². The minimum Gasteiger partial charge on any atom is -0.496 e. The zero-order valence-electron chi connectivity index (χ0n) is 46.2. The van der Waals surface area contributed by atoms with E-state index >= 15 is 0 Å². The summed E-state index contributed by atoms with van der Waals surface area (Å²) in [4.78, 5) is 41.5. The number of benzene rings is 4. The summed E-state index contributed by atoms with van der Waals surface area (Å²) in [5.41, 5.74) is 6.89. The highest BCUT2D eigenvalue weighted by Crippen LogP contribution is 2.52. The standard InChI is InChI=1S/C60H84O12/c1-16-22-25-40(19-4)34-70-52-31-49(64-10)43(28-46(52)58(61)67-13)55-37(7)56(44-29-47(59(62)68-14)53(32-50(44)65-11)71-35-41(20-5)26-23-17-2)39(9)57(38(55)8)45-30-48(60(63)69-15)54(33-51(45)66-12)72-36-42(21-6)27-24-18-3/h28-33,40-42H,16-27,34-36H2,1-15H3. The van der Waals surface area contributed by atoms with E-state index in [1.54, 1.807) is 57.7 Å². The predicted molar refractivity (Wildman–Crippen MR) is 287 cm³/mol. The first kappa shape index (κ1) is 58.7. The van der Waals surface area contributed by atoms with Gasteiger partial charge in [-0.05, 0) is 109 Å². The molecule has 0 aromatic heterocycles. The van der Waals surface area contributed by atoms with Crippen molar-refractivity contribution >= 4 is 17.9 Å². The van der Waals surface area contributed by atoms with Gasteiger partial charge in [0.05, 0.1) is 62.5 Å². The summed E-state index contributed by atoms with van der Waals surface area (Å²) in [6, 6.07) is 10.6. The first-order chi connectivity index (χ1) is 34.7. The molecule has 3 unspecified atom stereocenters. The number of esters is 3. The monoisotopic (exact) mass is 997 g/mol. The van der Waals surface area contributed by atoms with Crippen LogP contribution >= 0.6 is 0 Å². The summed E-state index contributed by atoms with van der Waals surface area (Å²) < 4.78 is 54.3. The number of methoxy groups -OCH3 is 6. The van der Waals surface area contributed by atoms with Crippen molar-refractivity contribution in [3.63, 3.8) is 0 Å². The van der Waals surface area contributed by atoms with Crippen LogP contribution in [-0.4, -0.2) is 80.4 Å². The molecule has 0 saturated carbocycles. The first-order valence-electron chi connectivity index (χ1n) is 26.1. The lowest BCUT2D eigenvalue weighted by Gasteiger charge is -2.27. The molecule has 0 radical (unpaired) electrons. The van der Waals surface area contributed by atoms with Gasteiger partial charge in [0, 0.05) is 34.9 Å². The fraction of sp³-hybridized carbons (Fsp3) is 0.550. The lowest BCUT2D eigenvalue weighted by Crippen LogP contribution is -2.15. The van der Waals surface area contributed by atoms with Gasteiger partial charge in [0.15, 0.2) is 0 Å². The molecule has 72 heavy (non-hydrogen) atoms. The zero-order chi connectivity index (χ0) is 53.1. The molecule has 12 nitrogen and oxygen atoms in total. The molecule has 0 amide bonds. The molecule has 0 aliphatic rings. The smallest absolute Gasteiger partial charge is 0.341 e. The van der Waals surface area contributed by atoms with Gasteiger partial charge in [-0.1, -0.05) is 99.3 Å². The van der Waals surface area contributed by atoms with Crippen LogP contribution in [0.5, 0.6) is 34.5 Å². The van der Waals surface area contributed by atoms with Gasteiger partial charge < -0.3 is 42.6 Å². The first-order valence-corrected chi connectivity index (χ1v) is 26.1. The van der Waals surface area contributed by atoms with Gasteiger partial charge in [0.25, 0.3) is 0 Å². The second-order valence-corrected chi connectivity index (χ2v) is 18.8. The van der Waals surface area contributed by atoms with E-state index in [1.807, 2.05) is 20.8 Å². The molecule has 0 N–H and O–H groups in total. The van der Waals surface area contributed by atoms with Gasteiger partial charge in [-0.3, -0.25) is 0 Å². The Morgan fingerprint density at radius 3 is 0.833 bits per heavy atom. The van der Waals surface area contributed by atoms with E-state index in [9.17, 15) is 14.4 Å². The van der Waals surface area contributed by atoms with Crippen molar-refractivity contribution in [1.82, 2.24) is 0 Å². The third kappa shape index (κ3) is 14.0. The van der Waals surface area contributed by atoms with Crippen molar-refractivity contribution in [2.45, 2.75) is 139 Å². The SMILES string of the molecule is CCCCC(CC)COc1cc(OC)c(-c2c(C)c(-c3cc(C(=O)OC)c(OCC(CC)CCCC)cc3OC)c(C)c(-c3cc(C(=O)OC)c(OCC(CC)CCCC)cc3OC)c2C)cc1C(=O)OC. The van der Waals surface area contributed by atoms with Crippen LogP contribution in [0.1, 0.15) is 166 Å². The second kappa shape index (κ2) is 29.0. The molecule has 0 spiro atoms. The molecule has 0 fully saturated rings. The fourth-order valence-electron chi connectivity index (χ4n) is 9.69. The van der Waals surface area contributed by atoms with Gasteiger partial charge in [0.2, 0.25) is 0 Å². The Morgan fingerprint density at radius 2 is 0.639 bits per heavy atom. The number of unbranched alkanes of at least 4 members (excludes halogenated alkanes) is 3. The Bertz CT molecular complexity index is 2150. The molecule has 3 atom stereocenters. The summed E-state index contributed by atoms with van der Waals surface area (Å²) in [5, 5.41) is 0. The number of carbonyl (C=O) groups excluding carboxylic acids is 3. The average Bonchev–Trinajstić information content (AvgIpc) is 3.40. The second-order valence-electron chi connectivity index (χ2n) is 18.8. The molecule has 4 rings (SSSR count). The molecule has 0 heterocycles. The Labute approximate surface area is 430 Å². The molecule has 0 aliphatic carbocycles. The topological polar surface area (TPSA) is 134 Å². The molecule has 12 heteroatoms. The maximum Gasteiger partial charge on any atom is 0.341 e. The van der Waals surface area contributed by atoms with E-state index in [4.69, 9.17) is 42.6 Å². The fourth-order valence-corrected chi connectivity index (χ4v) is 9.69. The quantitative estimate of drug-likeness (QED) is 0.0363. The van der Waals surface area contributed by atoms with Crippen LogP contribution < -0.4 is 28.4 Å². The minimum atomic E-state index is -0.571. The van der Waals surface area contributed by atoms with Gasteiger partial charge in [-0.2, -0.15) is 0 Å². The van der Waals surface area contributed by atoms with E-state index in [2.05, 4.69) is 41.5 Å². The summed E-state index contributed by atoms with van der Waals surface area (Å²) in [6.45, 7) is 20.2. The summed E-state index contributed by atoms with van der Waals surface area (Å²) in [7, 11) is 8.81. The maximum absolute atomic E-state index is 13.8. The minimum absolute atomic E-state index is 0.230. The highest BCUT2D eigenvalue weighted by molar-refractivity contribution is 6.02. The number of hydrogen-bond acceptors (Lipinski definition) is 12. The van der Waals surface area contributed by atoms with Crippen LogP contribution in [0.2, 0.25) is 0 Å². The summed E-state index contributed by atoms with van der Waals surface area (Å²) >= 11 is 0. The summed E-state index contributed by atoms with van der Waals surface area (Å²) in [5.74, 6) is 1.55. The Hall–Kier alpha value is -5.91. The lowest BCUT2D eigenvalue weighted by atomic mass is 9.79. The van der Waals surface area contributed by atoms with E-state index in [-0.39, 0.29) is 16.7 Å². The van der Waals surface area contributed by atoms with Crippen LogP contribution in [0.4, 0.5) is 0 Å². The highest BCUT2D eigenvalue weighted by Gasteiger charge is 2.31. The molecule has 0 saturated heterocycles. The van der Waals surface area contributed by atoms with Crippen LogP contribution in [-0.2, 0) is 14.2 Å². The van der Waals surface area contributed by atoms with Crippen LogP contribution in [0, 0.1) is 38.5 Å². The Morgan fingerprint density at radius 1 is 0.389 bits per heavy atom. The molecule has 0 aliphatic heterocycles.